The van der Waals surface area contributed by atoms with E-state index in [2.05, 4.69) is 15.6 Å². The van der Waals surface area contributed by atoms with Crippen molar-refractivity contribution >= 4 is 40.0 Å². The van der Waals surface area contributed by atoms with Crippen molar-refractivity contribution in [1.29, 1.82) is 0 Å². The van der Waals surface area contributed by atoms with Gasteiger partial charge in [-0.05, 0) is 39.3 Å². The van der Waals surface area contributed by atoms with Gasteiger partial charge in [0.25, 0.3) is 0 Å². The van der Waals surface area contributed by atoms with Crippen LogP contribution >= 0.6 is 24.0 Å². The van der Waals surface area contributed by atoms with Crippen LogP contribution in [0, 0.1) is 6.92 Å². The molecule has 158 valence electrons. The van der Waals surface area contributed by atoms with Gasteiger partial charge in [-0.3, -0.25) is 0 Å². The summed E-state index contributed by atoms with van der Waals surface area (Å²) in [6.45, 7) is 9.54. The van der Waals surface area contributed by atoms with E-state index in [1.54, 1.807) is 19.1 Å². The topological polar surface area (TPSA) is 107 Å². The third-order valence-electron chi connectivity index (χ3n) is 3.86. The standard InChI is InChI=1S/C17H32N4O4S.HI/c1-6-18-16(19-11-8-12-21(7-2)26(5,23)24)20-13-17(4,22)15-10-9-14(3)25-15;/h9-10,22H,6-8,11-13H2,1-5H3,(H2,18,19,20);1H. The Bertz CT molecular complexity index is 689. The van der Waals surface area contributed by atoms with Gasteiger partial charge in [-0.1, -0.05) is 6.92 Å². The predicted molar refractivity (Wildman–Crippen MR) is 119 cm³/mol. The molecule has 27 heavy (non-hydrogen) atoms. The molecule has 1 heterocycles. The number of guanidine groups is 1. The second-order valence-corrected chi connectivity index (χ2v) is 8.40. The van der Waals surface area contributed by atoms with Gasteiger partial charge >= 0.3 is 0 Å². The SMILES string of the molecule is CCNC(=NCC(C)(O)c1ccc(C)o1)NCCCN(CC)S(C)(=O)=O.I. The summed E-state index contributed by atoms with van der Waals surface area (Å²) in [5.74, 6) is 1.78. The zero-order valence-corrected chi connectivity index (χ0v) is 19.9. The number of sulfonamides is 1. The number of halogens is 1. The minimum absolute atomic E-state index is 0. The highest BCUT2D eigenvalue weighted by atomic mass is 127. The first kappa shape index (κ1) is 26.1. The van der Waals surface area contributed by atoms with Gasteiger partial charge in [0.05, 0.1) is 12.8 Å². The smallest absolute Gasteiger partial charge is 0.211 e. The molecule has 0 aliphatic rings. The fourth-order valence-electron chi connectivity index (χ4n) is 2.40. The normalized spacial score (nSPS) is 14.6. The van der Waals surface area contributed by atoms with Crippen LogP contribution in [0.25, 0.3) is 0 Å². The number of hydrogen-bond acceptors (Lipinski definition) is 5. The first-order valence-electron chi connectivity index (χ1n) is 8.86. The van der Waals surface area contributed by atoms with Crippen LogP contribution in [0.2, 0.25) is 0 Å². The Balaban J connectivity index is 0.00000676. The second-order valence-electron chi connectivity index (χ2n) is 6.41. The van der Waals surface area contributed by atoms with Gasteiger partial charge in [-0.15, -0.1) is 24.0 Å². The maximum absolute atomic E-state index is 11.6. The molecular weight excluding hydrogens is 483 g/mol. The van der Waals surface area contributed by atoms with Crippen LogP contribution in [0.15, 0.2) is 21.5 Å². The molecular formula is C17H33IN4O4S. The Morgan fingerprint density at radius 2 is 2.00 bits per heavy atom. The molecule has 10 heteroatoms. The van der Waals surface area contributed by atoms with Gasteiger partial charge in [0.1, 0.15) is 17.1 Å². The number of furan rings is 1. The average molecular weight is 516 g/mol. The highest BCUT2D eigenvalue weighted by molar-refractivity contribution is 14.0. The first-order valence-corrected chi connectivity index (χ1v) is 10.7. The number of rotatable bonds is 10. The summed E-state index contributed by atoms with van der Waals surface area (Å²) < 4.78 is 30.1. The van der Waals surface area contributed by atoms with Gasteiger partial charge < -0.3 is 20.2 Å². The lowest BCUT2D eigenvalue weighted by Gasteiger charge is -2.20. The predicted octanol–water partition coefficient (Wildman–Crippen LogP) is 1.64. The number of hydrogen-bond donors (Lipinski definition) is 3. The summed E-state index contributed by atoms with van der Waals surface area (Å²) in [4.78, 5) is 4.41. The molecule has 0 radical (unpaired) electrons. The van der Waals surface area contributed by atoms with Gasteiger partial charge in [-0.25, -0.2) is 17.7 Å². The van der Waals surface area contributed by atoms with Crippen molar-refractivity contribution in [3.05, 3.63) is 23.7 Å². The molecule has 1 rings (SSSR count). The minimum Gasteiger partial charge on any atom is -0.463 e. The van der Waals surface area contributed by atoms with Crippen LogP contribution in [0.5, 0.6) is 0 Å². The van der Waals surface area contributed by atoms with E-state index in [-0.39, 0.29) is 30.5 Å². The van der Waals surface area contributed by atoms with Gasteiger partial charge in [0.15, 0.2) is 5.96 Å². The summed E-state index contributed by atoms with van der Waals surface area (Å²) in [5, 5.41) is 16.8. The van der Waals surface area contributed by atoms with E-state index in [0.717, 1.165) is 5.76 Å². The van der Waals surface area contributed by atoms with E-state index >= 15 is 0 Å². The highest BCUT2D eigenvalue weighted by Gasteiger charge is 2.26. The van der Waals surface area contributed by atoms with Crippen LogP contribution in [0.1, 0.15) is 38.7 Å². The van der Waals surface area contributed by atoms with Crippen molar-refractivity contribution in [3.8, 4) is 0 Å². The zero-order valence-electron chi connectivity index (χ0n) is 16.8. The molecule has 0 bridgehead atoms. The number of aliphatic imine (C=N–C) groups is 1. The lowest BCUT2D eigenvalue weighted by Crippen LogP contribution is -2.40. The summed E-state index contributed by atoms with van der Waals surface area (Å²) in [7, 11) is -3.17. The van der Waals surface area contributed by atoms with Crippen molar-refractivity contribution in [1.82, 2.24) is 14.9 Å². The summed E-state index contributed by atoms with van der Waals surface area (Å²) in [6, 6.07) is 3.55. The Hall–Kier alpha value is -0.850. The molecule has 0 aliphatic heterocycles. The Morgan fingerprint density at radius 3 is 2.48 bits per heavy atom. The van der Waals surface area contributed by atoms with E-state index < -0.39 is 15.6 Å². The Kier molecular flexibility index (Phi) is 11.5. The fourth-order valence-corrected chi connectivity index (χ4v) is 3.33. The van der Waals surface area contributed by atoms with E-state index in [1.165, 1.54) is 10.6 Å². The Labute approximate surface area is 179 Å². The maximum atomic E-state index is 11.6. The van der Waals surface area contributed by atoms with Crippen LogP contribution in [-0.4, -0.2) is 62.8 Å². The highest BCUT2D eigenvalue weighted by Crippen LogP contribution is 2.22. The molecule has 0 fully saturated rings. The molecule has 8 nitrogen and oxygen atoms in total. The average Bonchev–Trinajstić information content (AvgIpc) is 2.98. The molecule has 0 saturated carbocycles. The van der Waals surface area contributed by atoms with E-state index in [1.807, 2.05) is 20.8 Å². The van der Waals surface area contributed by atoms with E-state index in [4.69, 9.17) is 4.42 Å². The molecule has 3 N–H and O–H groups in total. The third-order valence-corrected chi connectivity index (χ3v) is 5.24. The monoisotopic (exact) mass is 516 g/mol. The fraction of sp³-hybridized carbons (Fsp3) is 0.706. The molecule has 1 aromatic rings. The quantitative estimate of drug-likeness (QED) is 0.189. The van der Waals surface area contributed by atoms with E-state index in [9.17, 15) is 13.5 Å². The number of nitrogens with zero attached hydrogens (tertiary/aromatic N) is 2. The minimum atomic E-state index is -3.17. The Morgan fingerprint density at radius 1 is 1.33 bits per heavy atom. The summed E-state index contributed by atoms with van der Waals surface area (Å²) in [6.07, 6.45) is 1.87. The molecule has 0 amide bonds. The molecule has 1 atom stereocenters. The molecule has 1 aromatic heterocycles. The van der Waals surface area contributed by atoms with Crippen molar-refractivity contribution < 1.29 is 17.9 Å². The third kappa shape index (κ3) is 9.26. The molecule has 0 spiro atoms. The van der Waals surface area contributed by atoms with Crippen molar-refractivity contribution in [2.75, 3.05) is 39.0 Å². The molecule has 0 saturated heterocycles. The molecule has 0 aliphatic carbocycles. The first-order chi connectivity index (χ1) is 12.1. The van der Waals surface area contributed by atoms with Crippen LogP contribution in [0.4, 0.5) is 0 Å². The summed E-state index contributed by atoms with van der Waals surface area (Å²) >= 11 is 0. The van der Waals surface area contributed by atoms with Crippen LogP contribution < -0.4 is 10.6 Å². The largest absolute Gasteiger partial charge is 0.463 e. The van der Waals surface area contributed by atoms with Gasteiger partial charge in [0, 0.05) is 26.2 Å². The van der Waals surface area contributed by atoms with E-state index in [0.29, 0.717) is 44.3 Å². The van der Waals surface area contributed by atoms with Crippen molar-refractivity contribution in [2.24, 2.45) is 4.99 Å². The second kappa shape index (κ2) is 11.9. The van der Waals surface area contributed by atoms with Crippen LogP contribution in [0.3, 0.4) is 0 Å². The van der Waals surface area contributed by atoms with Crippen molar-refractivity contribution in [3.63, 3.8) is 0 Å². The van der Waals surface area contributed by atoms with Crippen molar-refractivity contribution in [2.45, 2.75) is 39.7 Å². The molecule has 1 unspecified atom stereocenters. The lowest BCUT2D eigenvalue weighted by atomic mass is 10.0. The van der Waals surface area contributed by atoms with Crippen LogP contribution in [-0.2, 0) is 15.6 Å². The van der Waals surface area contributed by atoms with Gasteiger partial charge in [0.2, 0.25) is 10.0 Å². The summed E-state index contributed by atoms with van der Waals surface area (Å²) in [5.41, 5.74) is -1.20. The number of nitrogens with one attached hydrogen (secondary N) is 2. The maximum Gasteiger partial charge on any atom is 0.211 e. The van der Waals surface area contributed by atoms with Gasteiger partial charge in [-0.2, -0.15) is 0 Å². The number of aryl methyl sites for hydroxylation is 1. The number of aliphatic hydroxyl groups is 1. The lowest BCUT2D eigenvalue weighted by molar-refractivity contribution is 0.0428. The molecule has 0 aromatic carbocycles. The zero-order chi connectivity index (χ0) is 19.8.